The maximum absolute atomic E-state index is 12.6. The summed E-state index contributed by atoms with van der Waals surface area (Å²) in [5.74, 6) is 0.503. The van der Waals surface area contributed by atoms with Crippen molar-refractivity contribution in [2.75, 3.05) is 9.44 Å². The van der Waals surface area contributed by atoms with Gasteiger partial charge in [-0.2, -0.15) is 0 Å². The van der Waals surface area contributed by atoms with Crippen LogP contribution in [0.3, 0.4) is 0 Å². The molecule has 0 spiro atoms. The van der Waals surface area contributed by atoms with E-state index in [2.05, 4.69) is 19.4 Å². The third-order valence-electron chi connectivity index (χ3n) is 3.97. The zero-order valence-corrected chi connectivity index (χ0v) is 17.9. The van der Waals surface area contributed by atoms with Crippen LogP contribution in [-0.4, -0.2) is 31.7 Å². The van der Waals surface area contributed by atoms with Crippen molar-refractivity contribution in [3.8, 4) is 0 Å². The van der Waals surface area contributed by atoms with E-state index < -0.39 is 35.6 Å². The number of benzene rings is 2. The van der Waals surface area contributed by atoms with E-state index in [0.717, 1.165) is 12.1 Å². The monoisotopic (exact) mass is 463 g/mol. The van der Waals surface area contributed by atoms with E-state index in [-0.39, 0.29) is 16.4 Å². The van der Waals surface area contributed by atoms with Crippen LogP contribution < -0.4 is 9.44 Å². The minimum atomic E-state index is -4.27. The highest BCUT2D eigenvalue weighted by molar-refractivity contribution is 7.93. The molecule has 1 heterocycles. The number of rotatable bonds is 7. The van der Waals surface area contributed by atoms with Crippen molar-refractivity contribution >= 4 is 37.2 Å². The highest BCUT2D eigenvalue weighted by atomic mass is 32.2. The summed E-state index contributed by atoms with van der Waals surface area (Å²) in [4.78, 5) is 17.8. The first-order valence-electron chi connectivity index (χ1n) is 8.69. The summed E-state index contributed by atoms with van der Waals surface area (Å²) in [6.07, 6.45) is 0. The predicted molar refractivity (Wildman–Crippen MR) is 113 cm³/mol. The molecule has 0 aliphatic carbocycles. The molecule has 0 saturated carbocycles. The molecular formula is C18H17N5O6S2. The van der Waals surface area contributed by atoms with E-state index >= 15 is 0 Å². The van der Waals surface area contributed by atoms with Crippen molar-refractivity contribution in [1.29, 1.82) is 0 Å². The van der Waals surface area contributed by atoms with Crippen molar-refractivity contribution in [2.45, 2.75) is 23.6 Å². The molecule has 0 fully saturated rings. The molecule has 31 heavy (non-hydrogen) atoms. The summed E-state index contributed by atoms with van der Waals surface area (Å²) in [6.45, 7) is 3.33. The Morgan fingerprint density at radius 2 is 1.52 bits per heavy atom. The van der Waals surface area contributed by atoms with Crippen LogP contribution >= 0.6 is 0 Å². The van der Waals surface area contributed by atoms with Crippen LogP contribution in [0, 0.1) is 24.0 Å². The minimum absolute atomic E-state index is 0.0332. The Morgan fingerprint density at radius 3 is 2.13 bits per heavy atom. The second-order valence-electron chi connectivity index (χ2n) is 6.40. The highest BCUT2D eigenvalue weighted by Gasteiger charge is 2.25. The van der Waals surface area contributed by atoms with Crippen molar-refractivity contribution < 1.29 is 21.8 Å². The number of sulfonamides is 2. The first kappa shape index (κ1) is 22.1. The molecule has 3 aromatic rings. The molecule has 0 atom stereocenters. The quantitative estimate of drug-likeness (QED) is 0.399. The fourth-order valence-electron chi connectivity index (χ4n) is 2.71. The predicted octanol–water partition coefficient (Wildman–Crippen LogP) is 2.60. The van der Waals surface area contributed by atoms with Gasteiger partial charge in [-0.25, -0.2) is 26.8 Å². The number of hydrogen-bond donors (Lipinski definition) is 2. The third-order valence-corrected chi connectivity index (χ3v) is 6.77. The molecule has 162 valence electrons. The number of nitrogens with zero attached hydrogens (tertiary/aromatic N) is 3. The summed E-state index contributed by atoms with van der Waals surface area (Å²) >= 11 is 0. The van der Waals surface area contributed by atoms with Crippen LogP contribution in [0.5, 0.6) is 0 Å². The maximum Gasteiger partial charge on any atom is 0.289 e. The Labute approximate surface area is 178 Å². The van der Waals surface area contributed by atoms with E-state index in [1.165, 1.54) is 42.5 Å². The van der Waals surface area contributed by atoms with Gasteiger partial charge in [0.2, 0.25) is 0 Å². The average molecular weight is 463 g/mol. The summed E-state index contributed by atoms with van der Waals surface area (Å²) in [5.41, 5.74) is 0.0459. The Balaban J connectivity index is 1.84. The first-order chi connectivity index (χ1) is 14.5. The summed E-state index contributed by atoms with van der Waals surface area (Å²) in [6, 6.07) is 11.2. The molecule has 0 bridgehead atoms. The fourth-order valence-corrected chi connectivity index (χ4v) is 4.94. The number of aryl methyl sites for hydroxylation is 2. The van der Waals surface area contributed by atoms with Gasteiger partial charge in [-0.05, 0) is 44.2 Å². The van der Waals surface area contributed by atoms with Crippen LogP contribution in [0.25, 0.3) is 0 Å². The Bertz CT molecular complexity index is 1340. The fraction of sp³-hybridized carbons (Fsp3) is 0.111. The number of para-hydroxylation sites is 1. The zero-order valence-electron chi connectivity index (χ0n) is 16.3. The molecule has 0 radical (unpaired) electrons. The molecule has 2 aromatic carbocycles. The molecule has 1 aromatic heterocycles. The lowest BCUT2D eigenvalue weighted by Gasteiger charge is -2.11. The van der Waals surface area contributed by atoms with Crippen LogP contribution in [0.4, 0.5) is 17.2 Å². The zero-order chi connectivity index (χ0) is 22.8. The standard InChI is InChI=1S/C18H17N5O6S2/c1-12-11-18(20-13(2)19-12)22-30(26,27)15-9-7-14(8-10-15)21-31(28,29)17-6-4-3-5-16(17)23(24)25/h3-11,21H,1-2H3,(H,19,20,22). The van der Waals surface area contributed by atoms with Gasteiger partial charge >= 0.3 is 0 Å². The third kappa shape index (κ3) is 5.13. The Kier molecular flexibility index (Phi) is 5.90. The van der Waals surface area contributed by atoms with Gasteiger partial charge in [-0.1, -0.05) is 12.1 Å². The summed E-state index contributed by atoms with van der Waals surface area (Å²) < 4.78 is 54.8. The van der Waals surface area contributed by atoms with Gasteiger partial charge in [0, 0.05) is 23.5 Å². The molecule has 0 amide bonds. The molecular weight excluding hydrogens is 446 g/mol. The van der Waals surface area contributed by atoms with E-state index in [1.54, 1.807) is 13.8 Å². The van der Waals surface area contributed by atoms with E-state index in [0.29, 0.717) is 11.5 Å². The largest absolute Gasteiger partial charge is 0.289 e. The van der Waals surface area contributed by atoms with Gasteiger partial charge < -0.3 is 0 Å². The topological polar surface area (TPSA) is 161 Å². The SMILES string of the molecule is Cc1cc(NS(=O)(=O)c2ccc(NS(=O)(=O)c3ccccc3[N+](=O)[O-])cc2)nc(C)n1. The normalized spacial score (nSPS) is 11.7. The van der Waals surface area contributed by atoms with Crippen molar-refractivity contribution in [3.05, 3.63) is 76.2 Å². The second kappa shape index (κ2) is 8.28. The molecule has 0 aliphatic heterocycles. The molecule has 13 heteroatoms. The summed E-state index contributed by atoms with van der Waals surface area (Å²) in [5, 5.41) is 11.1. The van der Waals surface area contributed by atoms with Crippen LogP contribution in [0.1, 0.15) is 11.5 Å². The first-order valence-corrected chi connectivity index (χ1v) is 11.7. The number of nitrogens with one attached hydrogen (secondary N) is 2. The smallest absolute Gasteiger partial charge is 0.279 e. The molecule has 11 nitrogen and oxygen atoms in total. The lowest BCUT2D eigenvalue weighted by atomic mass is 10.3. The Morgan fingerprint density at radius 1 is 0.871 bits per heavy atom. The molecule has 3 rings (SSSR count). The van der Waals surface area contributed by atoms with Gasteiger partial charge in [0.05, 0.1) is 9.82 Å². The van der Waals surface area contributed by atoms with Crippen molar-refractivity contribution in [2.24, 2.45) is 0 Å². The van der Waals surface area contributed by atoms with Crippen LogP contribution in [0.15, 0.2) is 64.4 Å². The average Bonchev–Trinajstić information content (AvgIpc) is 2.67. The number of aromatic nitrogens is 2. The number of nitro groups is 1. The van der Waals surface area contributed by atoms with Gasteiger partial charge in [0.1, 0.15) is 11.6 Å². The molecule has 0 aliphatic rings. The van der Waals surface area contributed by atoms with Crippen LogP contribution in [-0.2, 0) is 20.0 Å². The molecule has 0 unspecified atom stereocenters. The van der Waals surface area contributed by atoms with Crippen molar-refractivity contribution in [3.63, 3.8) is 0 Å². The molecule has 2 N–H and O–H groups in total. The van der Waals surface area contributed by atoms with Gasteiger partial charge in [0.25, 0.3) is 25.7 Å². The van der Waals surface area contributed by atoms with Crippen LogP contribution in [0.2, 0.25) is 0 Å². The highest BCUT2D eigenvalue weighted by Crippen LogP contribution is 2.26. The van der Waals surface area contributed by atoms with Gasteiger partial charge in [-0.3, -0.25) is 19.6 Å². The second-order valence-corrected chi connectivity index (χ2v) is 9.74. The number of nitro benzene ring substituents is 1. The lowest BCUT2D eigenvalue weighted by molar-refractivity contribution is -0.387. The van der Waals surface area contributed by atoms with E-state index in [1.807, 2.05) is 0 Å². The van der Waals surface area contributed by atoms with E-state index in [4.69, 9.17) is 0 Å². The van der Waals surface area contributed by atoms with Gasteiger partial charge in [0.15, 0.2) is 4.90 Å². The van der Waals surface area contributed by atoms with E-state index in [9.17, 15) is 26.9 Å². The lowest BCUT2D eigenvalue weighted by Crippen LogP contribution is -2.16. The Hall–Kier alpha value is -3.58. The number of hydrogen-bond acceptors (Lipinski definition) is 8. The minimum Gasteiger partial charge on any atom is -0.279 e. The maximum atomic E-state index is 12.6. The molecule has 0 saturated heterocycles. The van der Waals surface area contributed by atoms with Crippen molar-refractivity contribution in [1.82, 2.24) is 9.97 Å². The van der Waals surface area contributed by atoms with Gasteiger partial charge in [-0.15, -0.1) is 0 Å². The number of anilines is 2. The summed E-state index contributed by atoms with van der Waals surface area (Å²) in [7, 11) is -8.25.